The van der Waals surface area contributed by atoms with Crippen molar-refractivity contribution < 1.29 is 23.5 Å². The number of rotatable bonds is 4. The molecule has 7 heteroatoms. The minimum atomic E-state index is -1.11. The third kappa shape index (κ3) is 3.26. The Morgan fingerprint density at radius 1 is 1.14 bits per heavy atom. The summed E-state index contributed by atoms with van der Waals surface area (Å²) in [5.41, 5.74) is 1.53. The summed E-state index contributed by atoms with van der Waals surface area (Å²) in [6.45, 7) is 2.70. The van der Waals surface area contributed by atoms with E-state index in [9.17, 15) is 23.5 Å². The second-order valence-electron chi connectivity index (χ2n) is 7.27. The zero-order chi connectivity index (χ0) is 20.7. The summed E-state index contributed by atoms with van der Waals surface area (Å²) in [5, 5.41) is 10.4. The summed E-state index contributed by atoms with van der Waals surface area (Å²) in [4.78, 5) is 26.5. The number of amides is 1. The first-order valence-electron chi connectivity index (χ1n) is 9.45. The van der Waals surface area contributed by atoms with Crippen molar-refractivity contribution in [1.82, 2.24) is 9.47 Å². The van der Waals surface area contributed by atoms with Crippen LogP contribution in [0.5, 0.6) is 0 Å². The van der Waals surface area contributed by atoms with Crippen LogP contribution in [-0.2, 0) is 11.3 Å². The summed E-state index contributed by atoms with van der Waals surface area (Å²) in [7, 11) is 0. The summed E-state index contributed by atoms with van der Waals surface area (Å²) < 4.78 is 29.5. The first-order chi connectivity index (χ1) is 13.9. The maximum atomic E-state index is 14.3. The lowest BCUT2D eigenvalue weighted by Crippen LogP contribution is -2.29. The van der Waals surface area contributed by atoms with E-state index in [-0.39, 0.29) is 24.6 Å². The number of carboxylic acid groups (broad SMARTS) is 1. The smallest absolute Gasteiger partial charge is 0.308 e. The lowest BCUT2D eigenvalue weighted by atomic mass is 9.88. The number of carbonyl (C=O) groups excluding carboxylic acids is 1. The Labute approximate surface area is 166 Å². The molecule has 0 aliphatic carbocycles. The first-order valence-corrected chi connectivity index (χ1v) is 9.45. The van der Waals surface area contributed by atoms with Crippen molar-refractivity contribution >= 4 is 22.8 Å². The third-order valence-electron chi connectivity index (χ3n) is 5.65. The van der Waals surface area contributed by atoms with Gasteiger partial charge in [0.1, 0.15) is 11.6 Å². The molecule has 0 saturated carbocycles. The zero-order valence-electron chi connectivity index (χ0n) is 15.8. The highest BCUT2D eigenvalue weighted by Gasteiger charge is 2.42. The van der Waals surface area contributed by atoms with Gasteiger partial charge in [0.2, 0.25) is 0 Å². The molecule has 2 atom stereocenters. The van der Waals surface area contributed by atoms with Crippen LogP contribution in [-0.4, -0.2) is 39.5 Å². The van der Waals surface area contributed by atoms with Crippen LogP contribution in [0, 0.1) is 17.6 Å². The van der Waals surface area contributed by atoms with Crippen LogP contribution in [0.25, 0.3) is 10.9 Å². The van der Waals surface area contributed by atoms with E-state index in [1.54, 1.807) is 6.20 Å². The van der Waals surface area contributed by atoms with Gasteiger partial charge in [-0.2, -0.15) is 0 Å². The van der Waals surface area contributed by atoms with Gasteiger partial charge in [-0.3, -0.25) is 9.59 Å². The highest BCUT2D eigenvalue weighted by Crippen LogP contribution is 2.36. The Kier molecular flexibility index (Phi) is 4.82. The number of aryl methyl sites for hydroxylation is 1. The second-order valence-corrected chi connectivity index (χ2v) is 7.27. The number of fused-ring (bicyclic) bond motifs is 1. The molecule has 4 rings (SSSR count). The van der Waals surface area contributed by atoms with Crippen molar-refractivity contribution in [3.05, 3.63) is 71.4 Å². The SMILES string of the molecule is CCn1cc(C(=O)N2C[C@H](C(=O)O)[C@@H](c3ccc(F)cc3F)C2)c2ccccc21. The molecule has 150 valence electrons. The fourth-order valence-electron chi connectivity index (χ4n) is 4.19. The Hall–Kier alpha value is -3.22. The van der Waals surface area contributed by atoms with Crippen molar-refractivity contribution in [2.24, 2.45) is 5.92 Å². The monoisotopic (exact) mass is 398 g/mol. The van der Waals surface area contributed by atoms with Gasteiger partial charge in [0.25, 0.3) is 5.91 Å². The maximum absolute atomic E-state index is 14.3. The van der Waals surface area contributed by atoms with Gasteiger partial charge in [-0.05, 0) is 24.6 Å². The molecule has 1 aromatic heterocycles. The highest BCUT2D eigenvalue weighted by molar-refractivity contribution is 6.07. The number of carbonyl (C=O) groups is 2. The quantitative estimate of drug-likeness (QED) is 0.726. The van der Waals surface area contributed by atoms with Crippen LogP contribution in [0.15, 0.2) is 48.7 Å². The largest absolute Gasteiger partial charge is 0.481 e. The predicted octanol–water partition coefficient (Wildman–Crippen LogP) is 3.88. The molecule has 1 saturated heterocycles. The molecular formula is C22H20F2N2O3. The van der Waals surface area contributed by atoms with Crippen molar-refractivity contribution in [2.45, 2.75) is 19.4 Å². The van der Waals surface area contributed by atoms with Crippen LogP contribution in [0.4, 0.5) is 8.78 Å². The summed E-state index contributed by atoms with van der Waals surface area (Å²) in [6.07, 6.45) is 1.77. The van der Waals surface area contributed by atoms with Crippen LogP contribution in [0.2, 0.25) is 0 Å². The van der Waals surface area contributed by atoms with Crippen LogP contribution >= 0.6 is 0 Å². The number of para-hydroxylation sites is 1. The van der Waals surface area contributed by atoms with Gasteiger partial charge < -0.3 is 14.6 Å². The molecule has 3 aromatic rings. The van der Waals surface area contributed by atoms with E-state index in [1.807, 2.05) is 35.8 Å². The number of benzene rings is 2. The molecule has 29 heavy (non-hydrogen) atoms. The Morgan fingerprint density at radius 3 is 2.59 bits per heavy atom. The van der Waals surface area contributed by atoms with Gasteiger partial charge in [0.05, 0.1) is 11.5 Å². The molecule has 2 heterocycles. The summed E-state index contributed by atoms with van der Waals surface area (Å²) >= 11 is 0. The molecule has 0 radical (unpaired) electrons. The van der Waals surface area contributed by atoms with Gasteiger partial charge in [0, 0.05) is 48.7 Å². The van der Waals surface area contributed by atoms with E-state index >= 15 is 0 Å². The Morgan fingerprint density at radius 2 is 1.90 bits per heavy atom. The molecule has 5 nitrogen and oxygen atoms in total. The lowest BCUT2D eigenvalue weighted by Gasteiger charge is -2.17. The predicted molar refractivity (Wildman–Crippen MR) is 104 cm³/mol. The molecule has 1 aliphatic heterocycles. The number of carboxylic acids is 1. The molecule has 0 bridgehead atoms. The Bertz CT molecular complexity index is 1110. The second kappa shape index (κ2) is 7.31. The topological polar surface area (TPSA) is 62.5 Å². The van der Waals surface area contributed by atoms with Crippen LogP contribution < -0.4 is 0 Å². The fraction of sp³-hybridized carbons (Fsp3) is 0.273. The van der Waals surface area contributed by atoms with Crippen molar-refractivity contribution in [3.8, 4) is 0 Å². The van der Waals surface area contributed by atoms with Gasteiger partial charge in [-0.1, -0.05) is 24.3 Å². The number of hydrogen-bond donors (Lipinski definition) is 1. The van der Waals surface area contributed by atoms with E-state index in [4.69, 9.17) is 0 Å². The molecule has 0 unspecified atom stereocenters. The molecule has 0 spiro atoms. The average Bonchev–Trinajstić information content (AvgIpc) is 3.30. The number of halogens is 2. The van der Waals surface area contributed by atoms with Gasteiger partial charge in [-0.25, -0.2) is 8.78 Å². The normalized spacial score (nSPS) is 19.1. The molecule has 2 aromatic carbocycles. The minimum absolute atomic E-state index is 0.0265. The number of nitrogens with zero attached hydrogens (tertiary/aromatic N) is 2. The molecular weight excluding hydrogens is 378 g/mol. The van der Waals surface area contributed by atoms with E-state index in [0.29, 0.717) is 12.1 Å². The molecule has 1 fully saturated rings. The third-order valence-corrected chi connectivity index (χ3v) is 5.65. The van der Waals surface area contributed by atoms with Crippen molar-refractivity contribution in [3.63, 3.8) is 0 Å². The van der Waals surface area contributed by atoms with E-state index in [0.717, 1.165) is 23.0 Å². The number of likely N-dealkylation sites (tertiary alicyclic amines) is 1. The molecule has 1 N–H and O–H groups in total. The van der Waals surface area contributed by atoms with E-state index < -0.39 is 29.4 Å². The zero-order valence-corrected chi connectivity index (χ0v) is 15.8. The van der Waals surface area contributed by atoms with Gasteiger partial charge >= 0.3 is 5.97 Å². The summed E-state index contributed by atoms with van der Waals surface area (Å²) in [5.74, 6) is -4.61. The standard InChI is InChI=1S/C22H20F2N2O3/c1-2-25-11-17(15-5-3-4-6-20(15)25)21(27)26-10-16(18(12-26)22(28)29)14-8-7-13(23)9-19(14)24/h3-9,11,16,18H,2,10,12H2,1H3,(H,28,29)/t16-,18+/m1/s1. The van der Waals surface area contributed by atoms with Crippen molar-refractivity contribution in [1.29, 1.82) is 0 Å². The molecule has 1 aliphatic rings. The number of aliphatic carboxylic acids is 1. The highest BCUT2D eigenvalue weighted by atomic mass is 19.1. The van der Waals surface area contributed by atoms with Gasteiger partial charge in [-0.15, -0.1) is 0 Å². The maximum Gasteiger partial charge on any atom is 0.308 e. The number of aromatic nitrogens is 1. The van der Waals surface area contributed by atoms with Crippen LogP contribution in [0.1, 0.15) is 28.8 Å². The van der Waals surface area contributed by atoms with Crippen molar-refractivity contribution in [2.75, 3.05) is 13.1 Å². The minimum Gasteiger partial charge on any atom is -0.481 e. The van der Waals surface area contributed by atoms with E-state index in [1.165, 1.54) is 11.0 Å². The Balaban J connectivity index is 1.70. The van der Waals surface area contributed by atoms with Gasteiger partial charge in [0.15, 0.2) is 0 Å². The fourth-order valence-corrected chi connectivity index (χ4v) is 4.19. The average molecular weight is 398 g/mol. The lowest BCUT2D eigenvalue weighted by molar-refractivity contribution is -0.141. The van der Waals surface area contributed by atoms with E-state index in [2.05, 4.69) is 0 Å². The van der Waals surface area contributed by atoms with Crippen LogP contribution in [0.3, 0.4) is 0 Å². The first kappa shape index (κ1) is 19.1. The number of hydrogen-bond acceptors (Lipinski definition) is 2. The summed E-state index contributed by atoms with van der Waals surface area (Å²) in [6, 6.07) is 10.6. The molecule has 1 amide bonds.